The number of hydrogen-bond acceptors (Lipinski definition) is 3. The van der Waals surface area contributed by atoms with Crippen LogP contribution in [0.4, 0.5) is 4.39 Å². The number of piperidine rings is 1. The van der Waals surface area contributed by atoms with Crippen LogP contribution in [0.25, 0.3) is 0 Å². The van der Waals surface area contributed by atoms with Crippen LogP contribution in [0.3, 0.4) is 0 Å². The summed E-state index contributed by atoms with van der Waals surface area (Å²) in [7, 11) is 0. The summed E-state index contributed by atoms with van der Waals surface area (Å²) < 4.78 is 13.5. The van der Waals surface area contributed by atoms with Crippen LogP contribution < -0.4 is 5.32 Å². The predicted molar refractivity (Wildman–Crippen MR) is 114 cm³/mol. The molecule has 2 aromatic rings. The molecule has 1 aromatic carbocycles. The average Bonchev–Trinajstić information content (AvgIpc) is 3.09. The van der Waals surface area contributed by atoms with Gasteiger partial charge in [0, 0.05) is 18.5 Å². The number of thiophene rings is 1. The molecule has 2 unspecified atom stereocenters. The van der Waals surface area contributed by atoms with E-state index in [9.17, 15) is 9.18 Å². The van der Waals surface area contributed by atoms with Crippen molar-refractivity contribution in [2.45, 2.75) is 45.2 Å². The lowest BCUT2D eigenvalue weighted by Gasteiger charge is -2.31. The molecule has 6 heteroatoms. The van der Waals surface area contributed by atoms with Crippen molar-refractivity contribution in [3.63, 3.8) is 0 Å². The Morgan fingerprint density at radius 2 is 2.11 bits per heavy atom. The van der Waals surface area contributed by atoms with E-state index in [0.29, 0.717) is 24.4 Å². The smallest absolute Gasteiger partial charge is 0.226 e. The summed E-state index contributed by atoms with van der Waals surface area (Å²) in [5.74, 6) is -0.186. The first-order valence-electron chi connectivity index (χ1n) is 9.84. The second-order valence-electron chi connectivity index (χ2n) is 8.17. The Balaban J connectivity index is 0.00000225. The largest absolute Gasteiger partial charge is 0.335 e. The van der Waals surface area contributed by atoms with Crippen LogP contribution in [0, 0.1) is 17.2 Å². The van der Waals surface area contributed by atoms with E-state index in [1.54, 1.807) is 23.5 Å². The van der Waals surface area contributed by atoms with E-state index in [-0.39, 0.29) is 30.0 Å². The highest BCUT2D eigenvalue weighted by Crippen LogP contribution is 2.56. The second kappa shape index (κ2) is 8.93. The molecule has 2 heterocycles. The number of benzene rings is 1. The van der Waals surface area contributed by atoms with Gasteiger partial charge in [-0.15, -0.1) is 12.4 Å². The highest BCUT2D eigenvalue weighted by molar-refractivity contribution is 7.07. The van der Waals surface area contributed by atoms with Gasteiger partial charge in [0.15, 0.2) is 0 Å². The number of halogens is 2. The fourth-order valence-electron chi connectivity index (χ4n) is 4.54. The third kappa shape index (κ3) is 4.58. The van der Waals surface area contributed by atoms with Gasteiger partial charge in [0.25, 0.3) is 0 Å². The number of hydrogen-bond donors (Lipinski definition) is 1. The summed E-state index contributed by atoms with van der Waals surface area (Å²) in [5.41, 5.74) is 2.41. The first kappa shape index (κ1) is 21.3. The highest BCUT2D eigenvalue weighted by atomic mass is 35.5. The molecule has 0 bridgehead atoms. The van der Waals surface area contributed by atoms with E-state index < -0.39 is 0 Å². The average molecular weight is 423 g/mol. The van der Waals surface area contributed by atoms with Gasteiger partial charge < -0.3 is 10.2 Å². The molecule has 3 nitrogen and oxygen atoms in total. The third-order valence-electron chi connectivity index (χ3n) is 6.19. The van der Waals surface area contributed by atoms with Crippen LogP contribution in [0.2, 0.25) is 0 Å². The molecule has 152 valence electrons. The van der Waals surface area contributed by atoms with Crippen LogP contribution in [-0.2, 0) is 17.8 Å². The summed E-state index contributed by atoms with van der Waals surface area (Å²) in [4.78, 5) is 15.5. The van der Waals surface area contributed by atoms with Crippen molar-refractivity contribution < 1.29 is 9.18 Å². The Morgan fingerprint density at radius 3 is 2.79 bits per heavy atom. The molecule has 1 amide bonds. The lowest BCUT2D eigenvalue weighted by Crippen LogP contribution is -2.41. The first-order valence-corrected chi connectivity index (χ1v) is 10.8. The van der Waals surface area contributed by atoms with E-state index in [2.05, 4.69) is 27.0 Å². The maximum Gasteiger partial charge on any atom is 0.226 e. The zero-order chi connectivity index (χ0) is 18.9. The van der Waals surface area contributed by atoms with Gasteiger partial charge in [-0.05, 0) is 84.3 Å². The van der Waals surface area contributed by atoms with Crippen LogP contribution in [0.5, 0.6) is 0 Å². The van der Waals surface area contributed by atoms with Gasteiger partial charge in [0.2, 0.25) is 5.91 Å². The van der Waals surface area contributed by atoms with Crippen LogP contribution in [-0.4, -0.2) is 29.9 Å². The first-order chi connectivity index (χ1) is 13.1. The number of nitrogens with zero attached hydrogens (tertiary/aromatic N) is 1. The van der Waals surface area contributed by atoms with E-state index in [1.165, 1.54) is 11.6 Å². The quantitative estimate of drug-likeness (QED) is 0.734. The molecular weight excluding hydrogens is 395 g/mol. The molecule has 2 fully saturated rings. The minimum absolute atomic E-state index is 0. The lowest BCUT2D eigenvalue weighted by atomic mass is 9.93. The molecule has 1 aromatic heterocycles. The fourth-order valence-corrected chi connectivity index (χ4v) is 5.20. The van der Waals surface area contributed by atoms with E-state index in [0.717, 1.165) is 37.9 Å². The van der Waals surface area contributed by atoms with Crippen LogP contribution in [0.1, 0.15) is 37.3 Å². The zero-order valence-corrected chi connectivity index (χ0v) is 17.8. The molecule has 2 atom stereocenters. The maximum atomic E-state index is 13.5. The Kier molecular flexibility index (Phi) is 6.79. The van der Waals surface area contributed by atoms with Crippen molar-refractivity contribution >= 4 is 29.7 Å². The predicted octanol–water partition coefficient (Wildman–Crippen LogP) is 4.66. The highest BCUT2D eigenvalue weighted by Gasteiger charge is 2.57. The van der Waals surface area contributed by atoms with E-state index >= 15 is 0 Å². The molecule has 4 rings (SSSR count). The molecule has 1 saturated heterocycles. The van der Waals surface area contributed by atoms with Crippen molar-refractivity contribution in [1.29, 1.82) is 0 Å². The summed E-state index contributed by atoms with van der Waals surface area (Å²) in [6.45, 7) is 4.77. The minimum Gasteiger partial charge on any atom is -0.335 e. The van der Waals surface area contributed by atoms with Gasteiger partial charge in [0.05, 0.1) is 0 Å². The molecule has 1 aliphatic heterocycles. The lowest BCUT2D eigenvalue weighted by molar-refractivity contribution is -0.137. The SMILES string of the molecule is CC(Cc1cccc(F)c1)C(=O)N(Cc1ccsc1)C1CC12CCNCC2.Cl. The zero-order valence-electron chi connectivity index (χ0n) is 16.2. The monoisotopic (exact) mass is 422 g/mol. The van der Waals surface area contributed by atoms with Gasteiger partial charge in [-0.25, -0.2) is 4.39 Å². The summed E-state index contributed by atoms with van der Waals surface area (Å²) in [6, 6.07) is 9.07. The van der Waals surface area contributed by atoms with Crippen LogP contribution >= 0.6 is 23.7 Å². The van der Waals surface area contributed by atoms with Crippen LogP contribution in [0.15, 0.2) is 41.1 Å². The number of carbonyl (C=O) groups excluding carboxylic acids is 1. The molecule has 1 aliphatic carbocycles. The topological polar surface area (TPSA) is 32.3 Å². The normalized spacial score (nSPS) is 21.0. The Hall–Kier alpha value is -1.43. The summed E-state index contributed by atoms with van der Waals surface area (Å²) in [5, 5.41) is 7.64. The van der Waals surface area contributed by atoms with Crippen molar-refractivity contribution in [1.82, 2.24) is 10.2 Å². The van der Waals surface area contributed by atoms with Gasteiger partial charge >= 0.3 is 0 Å². The molecular formula is C22H28ClFN2OS. The summed E-state index contributed by atoms with van der Waals surface area (Å²) in [6.07, 6.45) is 4.02. The fraction of sp³-hybridized carbons (Fsp3) is 0.500. The van der Waals surface area contributed by atoms with E-state index in [1.807, 2.05) is 13.0 Å². The third-order valence-corrected chi connectivity index (χ3v) is 6.92. The van der Waals surface area contributed by atoms with Crippen molar-refractivity contribution in [3.8, 4) is 0 Å². The molecule has 0 radical (unpaired) electrons. The van der Waals surface area contributed by atoms with Crippen molar-refractivity contribution in [2.75, 3.05) is 13.1 Å². The van der Waals surface area contributed by atoms with Gasteiger partial charge in [-0.1, -0.05) is 19.1 Å². The molecule has 2 aliphatic rings. The molecule has 1 spiro atoms. The number of amides is 1. The summed E-state index contributed by atoms with van der Waals surface area (Å²) >= 11 is 1.68. The van der Waals surface area contributed by atoms with Crippen molar-refractivity contribution in [2.24, 2.45) is 11.3 Å². The maximum absolute atomic E-state index is 13.5. The van der Waals surface area contributed by atoms with Crippen molar-refractivity contribution in [3.05, 3.63) is 58.0 Å². The van der Waals surface area contributed by atoms with Gasteiger partial charge in [-0.3, -0.25) is 4.79 Å². The standard InChI is InChI=1S/C22H27FN2OS.ClH/c1-16(11-17-3-2-4-19(23)12-17)21(26)25(14-18-5-10-27-15-18)20-13-22(20)6-8-24-9-7-22;/h2-5,10,12,15-16,20,24H,6-9,11,13-14H2,1H3;1H. The second-order valence-corrected chi connectivity index (χ2v) is 8.95. The Labute approximate surface area is 176 Å². The van der Waals surface area contributed by atoms with Gasteiger partial charge in [0.1, 0.15) is 5.82 Å². The number of carbonyl (C=O) groups is 1. The van der Waals surface area contributed by atoms with E-state index in [4.69, 9.17) is 0 Å². The molecule has 1 saturated carbocycles. The van der Waals surface area contributed by atoms with Gasteiger partial charge in [-0.2, -0.15) is 11.3 Å². The molecule has 28 heavy (non-hydrogen) atoms. The Bertz CT molecular complexity index is 792. The molecule has 1 N–H and O–H groups in total. The minimum atomic E-state index is -0.238. The number of rotatable bonds is 6. The number of nitrogens with one attached hydrogen (secondary N) is 1. The Morgan fingerprint density at radius 1 is 1.32 bits per heavy atom.